The smallest absolute Gasteiger partial charge is 0.150 e. The van der Waals surface area contributed by atoms with Gasteiger partial charge in [0.15, 0.2) is 5.82 Å². The second-order valence-electron chi connectivity index (χ2n) is 3.57. The molecule has 2 nitrogen and oxygen atoms in total. The lowest BCUT2D eigenvalue weighted by atomic mass is 10.2. The van der Waals surface area contributed by atoms with E-state index < -0.39 is 0 Å². The van der Waals surface area contributed by atoms with Crippen LogP contribution in [0.25, 0.3) is 10.9 Å². The molecule has 0 unspecified atom stereocenters. The summed E-state index contributed by atoms with van der Waals surface area (Å²) >= 11 is 5.83. The molecule has 0 aliphatic heterocycles. The van der Waals surface area contributed by atoms with Gasteiger partial charge in [-0.3, -0.25) is 4.98 Å². The van der Waals surface area contributed by atoms with E-state index >= 15 is 0 Å². The lowest BCUT2D eigenvalue weighted by Gasteiger charge is -2.08. The van der Waals surface area contributed by atoms with Gasteiger partial charge in [-0.15, -0.1) is 0 Å². The summed E-state index contributed by atoms with van der Waals surface area (Å²) in [4.78, 5) is 4.02. The fraction of sp³-hybridized carbons (Fsp3) is 0.250. The Morgan fingerprint density at radius 2 is 2.25 bits per heavy atom. The highest BCUT2D eigenvalue weighted by atomic mass is 35.5. The Morgan fingerprint density at radius 1 is 1.44 bits per heavy atom. The molecular weight excluding hydrogens is 227 g/mol. The monoisotopic (exact) mass is 238 g/mol. The summed E-state index contributed by atoms with van der Waals surface area (Å²) in [7, 11) is 0. The van der Waals surface area contributed by atoms with Crippen LogP contribution in [-0.2, 0) is 0 Å². The van der Waals surface area contributed by atoms with Gasteiger partial charge >= 0.3 is 0 Å². The van der Waals surface area contributed by atoms with Gasteiger partial charge < -0.3 is 5.32 Å². The maximum Gasteiger partial charge on any atom is 0.150 e. The summed E-state index contributed by atoms with van der Waals surface area (Å²) in [5, 5.41) is 4.34. The Kier molecular flexibility index (Phi) is 3.25. The number of anilines is 1. The summed E-state index contributed by atoms with van der Waals surface area (Å²) in [5.74, 6) is -0.386. The Balaban J connectivity index is 2.57. The zero-order valence-electron chi connectivity index (χ0n) is 8.93. The number of pyridine rings is 1. The Hall–Kier alpha value is -1.35. The first-order valence-electron chi connectivity index (χ1n) is 5.20. The third-order valence-electron chi connectivity index (χ3n) is 2.33. The molecule has 0 bridgehead atoms. The maximum absolute atomic E-state index is 13.6. The van der Waals surface area contributed by atoms with E-state index in [0.29, 0.717) is 10.5 Å². The molecule has 0 saturated heterocycles. The first-order chi connectivity index (χ1) is 7.72. The first-order valence-corrected chi connectivity index (χ1v) is 5.58. The van der Waals surface area contributed by atoms with Crippen molar-refractivity contribution in [1.82, 2.24) is 4.98 Å². The second kappa shape index (κ2) is 4.66. The summed E-state index contributed by atoms with van der Waals surface area (Å²) < 4.78 is 13.6. The number of rotatable bonds is 3. The number of hydrogen-bond donors (Lipinski definition) is 1. The first kappa shape index (κ1) is 11.1. The summed E-state index contributed by atoms with van der Waals surface area (Å²) in [6, 6.07) is 4.83. The molecule has 2 aromatic rings. The van der Waals surface area contributed by atoms with E-state index in [1.54, 1.807) is 12.3 Å². The number of nitrogens with zero attached hydrogens (tertiary/aromatic N) is 1. The molecule has 0 atom stereocenters. The highest BCUT2D eigenvalue weighted by Crippen LogP contribution is 2.27. The highest BCUT2D eigenvalue weighted by molar-refractivity contribution is 6.31. The molecule has 2 rings (SSSR count). The molecular formula is C12H12ClFN2. The zero-order chi connectivity index (χ0) is 11.5. The largest absolute Gasteiger partial charge is 0.384 e. The van der Waals surface area contributed by atoms with Gasteiger partial charge in [0.2, 0.25) is 0 Å². The van der Waals surface area contributed by atoms with Gasteiger partial charge in [-0.2, -0.15) is 0 Å². The third-order valence-corrected chi connectivity index (χ3v) is 2.55. The van der Waals surface area contributed by atoms with Crippen LogP contribution in [0.3, 0.4) is 0 Å². The summed E-state index contributed by atoms with van der Waals surface area (Å²) in [5.41, 5.74) is 1.22. The fourth-order valence-corrected chi connectivity index (χ4v) is 1.80. The quantitative estimate of drug-likeness (QED) is 0.879. The SMILES string of the molecule is CCCNc1ccnc2c(F)cc(Cl)cc12. The Bertz CT molecular complexity index is 514. The number of fused-ring (bicyclic) bond motifs is 1. The van der Waals surface area contributed by atoms with Crippen LogP contribution in [0.2, 0.25) is 5.02 Å². The average Bonchev–Trinajstić information content (AvgIpc) is 2.26. The predicted molar refractivity (Wildman–Crippen MR) is 65.5 cm³/mol. The van der Waals surface area contributed by atoms with Gasteiger partial charge in [-0.25, -0.2) is 4.39 Å². The molecule has 1 N–H and O–H groups in total. The third kappa shape index (κ3) is 2.09. The molecule has 1 aromatic carbocycles. The lowest BCUT2D eigenvalue weighted by molar-refractivity contribution is 0.637. The second-order valence-corrected chi connectivity index (χ2v) is 4.01. The minimum absolute atomic E-state index is 0.352. The van der Waals surface area contributed by atoms with Gasteiger partial charge in [0.1, 0.15) is 5.52 Å². The number of aromatic nitrogens is 1. The topological polar surface area (TPSA) is 24.9 Å². The number of hydrogen-bond acceptors (Lipinski definition) is 2. The Morgan fingerprint density at radius 3 is 3.00 bits per heavy atom. The van der Waals surface area contributed by atoms with Crippen LogP contribution in [0, 0.1) is 5.82 Å². The van der Waals surface area contributed by atoms with E-state index in [1.807, 2.05) is 6.07 Å². The van der Waals surface area contributed by atoms with Crippen molar-refractivity contribution in [1.29, 1.82) is 0 Å². The Labute approximate surface area is 98.4 Å². The van der Waals surface area contributed by atoms with Gasteiger partial charge in [0, 0.05) is 28.8 Å². The van der Waals surface area contributed by atoms with Gasteiger partial charge in [0.05, 0.1) is 0 Å². The van der Waals surface area contributed by atoms with Crippen LogP contribution >= 0.6 is 11.6 Å². The van der Waals surface area contributed by atoms with Crippen molar-refractivity contribution in [2.24, 2.45) is 0 Å². The maximum atomic E-state index is 13.6. The van der Waals surface area contributed by atoms with Gasteiger partial charge in [-0.05, 0) is 24.6 Å². The van der Waals surface area contributed by atoms with Crippen molar-refractivity contribution in [3.63, 3.8) is 0 Å². The van der Waals surface area contributed by atoms with Crippen LogP contribution in [0.5, 0.6) is 0 Å². The fourth-order valence-electron chi connectivity index (χ4n) is 1.59. The van der Waals surface area contributed by atoms with Crippen molar-refractivity contribution in [2.45, 2.75) is 13.3 Å². The highest BCUT2D eigenvalue weighted by Gasteiger charge is 2.07. The summed E-state index contributed by atoms with van der Waals surface area (Å²) in [6.45, 7) is 2.91. The van der Waals surface area contributed by atoms with Crippen molar-refractivity contribution < 1.29 is 4.39 Å². The van der Waals surface area contributed by atoms with Crippen molar-refractivity contribution in [2.75, 3.05) is 11.9 Å². The van der Waals surface area contributed by atoms with E-state index in [4.69, 9.17) is 11.6 Å². The van der Waals surface area contributed by atoms with Gasteiger partial charge in [-0.1, -0.05) is 18.5 Å². The average molecular weight is 239 g/mol. The van der Waals surface area contributed by atoms with E-state index in [2.05, 4.69) is 17.2 Å². The molecule has 1 heterocycles. The van der Waals surface area contributed by atoms with Gasteiger partial charge in [0.25, 0.3) is 0 Å². The number of nitrogens with one attached hydrogen (secondary N) is 1. The number of halogens is 2. The number of benzene rings is 1. The molecule has 84 valence electrons. The normalized spacial score (nSPS) is 10.7. The molecule has 1 aromatic heterocycles. The predicted octanol–water partition coefficient (Wildman–Crippen LogP) is 3.85. The van der Waals surface area contributed by atoms with Crippen LogP contribution in [0.4, 0.5) is 10.1 Å². The lowest BCUT2D eigenvalue weighted by Crippen LogP contribution is -2.01. The minimum Gasteiger partial charge on any atom is -0.384 e. The zero-order valence-corrected chi connectivity index (χ0v) is 9.68. The molecule has 0 saturated carbocycles. The van der Waals surface area contributed by atoms with E-state index in [-0.39, 0.29) is 5.82 Å². The standard InChI is InChI=1S/C12H12ClFN2/c1-2-4-15-11-3-5-16-12-9(11)6-8(13)7-10(12)14/h3,5-7H,2,4H2,1H3,(H,15,16). The molecule has 0 amide bonds. The molecule has 4 heteroatoms. The summed E-state index contributed by atoms with van der Waals surface area (Å²) in [6.07, 6.45) is 2.60. The van der Waals surface area contributed by atoms with Crippen LogP contribution in [0.1, 0.15) is 13.3 Å². The molecule has 0 radical (unpaired) electrons. The van der Waals surface area contributed by atoms with Crippen LogP contribution in [0.15, 0.2) is 24.4 Å². The molecule has 16 heavy (non-hydrogen) atoms. The van der Waals surface area contributed by atoms with Crippen LogP contribution < -0.4 is 5.32 Å². The van der Waals surface area contributed by atoms with E-state index in [0.717, 1.165) is 24.0 Å². The van der Waals surface area contributed by atoms with Crippen molar-refractivity contribution >= 4 is 28.2 Å². The van der Waals surface area contributed by atoms with E-state index in [1.165, 1.54) is 6.07 Å². The van der Waals surface area contributed by atoms with Crippen molar-refractivity contribution in [3.05, 3.63) is 35.2 Å². The van der Waals surface area contributed by atoms with Crippen molar-refractivity contribution in [3.8, 4) is 0 Å². The molecule has 0 spiro atoms. The minimum atomic E-state index is -0.386. The molecule has 0 aliphatic rings. The van der Waals surface area contributed by atoms with Crippen LogP contribution in [-0.4, -0.2) is 11.5 Å². The van der Waals surface area contributed by atoms with E-state index in [9.17, 15) is 4.39 Å². The molecule has 0 aliphatic carbocycles. The molecule has 0 fully saturated rings.